The summed E-state index contributed by atoms with van der Waals surface area (Å²) in [5, 5.41) is 4.75. The Bertz CT molecular complexity index is 829. The molecule has 0 aliphatic carbocycles. The van der Waals surface area contributed by atoms with E-state index in [9.17, 15) is 0 Å². The van der Waals surface area contributed by atoms with Crippen LogP contribution in [0.3, 0.4) is 0 Å². The van der Waals surface area contributed by atoms with E-state index in [4.69, 9.17) is 4.98 Å². The molecular weight excluding hydrogens is 364 g/mol. The van der Waals surface area contributed by atoms with Crippen LogP contribution in [0.25, 0.3) is 10.9 Å². The van der Waals surface area contributed by atoms with Crippen LogP contribution in [0.1, 0.15) is 12.8 Å². The minimum atomic E-state index is 0.456. The Hall–Kier alpha value is -2.14. The van der Waals surface area contributed by atoms with Crippen LogP contribution < -0.4 is 10.2 Å². The van der Waals surface area contributed by atoms with Gasteiger partial charge in [-0.05, 0) is 59.1 Å². The molecule has 3 aromatic rings. The highest BCUT2D eigenvalue weighted by molar-refractivity contribution is 9.10. The molecule has 0 saturated carbocycles. The summed E-state index contributed by atoms with van der Waals surface area (Å²) in [6, 6.07) is 16.9. The largest absolute Gasteiger partial charge is 0.367 e. The number of halogens is 1. The number of nitrogens with one attached hydrogen (secondary N) is 1. The van der Waals surface area contributed by atoms with Crippen LogP contribution in [0, 0.1) is 0 Å². The second-order valence-corrected chi connectivity index (χ2v) is 6.96. The Balaban J connectivity index is 1.43. The summed E-state index contributed by atoms with van der Waals surface area (Å²) in [6.07, 6.45) is 4.04. The summed E-state index contributed by atoms with van der Waals surface area (Å²) in [7, 11) is 0. The zero-order valence-corrected chi connectivity index (χ0v) is 14.9. The van der Waals surface area contributed by atoms with Crippen LogP contribution in [0.4, 0.5) is 11.6 Å². The third-order valence-electron chi connectivity index (χ3n) is 4.49. The fourth-order valence-electron chi connectivity index (χ4n) is 3.19. The van der Waals surface area contributed by atoms with Crippen molar-refractivity contribution < 1.29 is 0 Å². The molecule has 24 heavy (non-hydrogen) atoms. The van der Waals surface area contributed by atoms with Crippen LogP contribution in [0.2, 0.25) is 0 Å². The van der Waals surface area contributed by atoms with Gasteiger partial charge < -0.3 is 10.2 Å². The van der Waals surface area contributed by atoms with E-state index in [1.165, 1.54) is 0 Å². The van der Waals surface area contributed by atoms with Crippen molar-refractivity contribution in [2.24, 2.45) is 0 Å². The summed E-state index contributed by atoms with van der Waals surface area (Å²) >= 11 is 3.59. The number of anilines is 2. The zero-order valence-electron chi connectivity index (χ0n) is 13.3. The van der Waals surface area contributed by atoms with Crippen molar-refractivity contribution in [3.63, 3.8) is 0 Å². The number of aromatic nitrogens is 2. The summed E-state index contributed by atoms with van der Waals surface area (Å²) in [5.74, 6) is 2.02. The zero-order chi connectivity index (χ0) is 16.4. The molecule has 1 aliphatic heterocycles. The SMILES string of the molecule is Brc1cccc2ccc(NC3CCN(c4ccccn4)CC3)nc12. The number of fused-ring (bicyclic) bond motifs is 1. The molecule has 0 spiro atoms. The smallest absolute Gasteiger partial charge is 0.128 e. The lowest BCUT2D eigenvalue weighted by molar-refractivity contribution is 0.522. The molecule has 0 bridgehead atoms. The molecule has 4 nitrogen and oxygen atoms in total. The minimum absolute atomic E-state index is 0.456. The minimum Gasteiger partial charge on any atom is -0.367 e. The fourth-order valence-corrected chi connectivity index (χ4v) is 3.66. The number of nitrogens with zero attached hydrogens (tertiary/aromatic N) is 3. The molecule has 0 atom stereocenters. The predicted octanol–water partition coefficient (Wildman–Crippen LogP) is 4.47. The number of hydrogen-bond donors (Lipinski definition) is 1. The van der Waals surface area contributed by atoms with E-state index in [1.807, 2.05) is 30.5 Å². The van der Waals surface area contributed by atoms with Crippen LogP contribution in [0.5, 0.6) is 0 Å². The lowest BCUT2D eigenvalue weighted by Crippen LogP contribution is -2.39. The van der Waals surface area contributed by atoms with Crippen molar-refractivity contribution in [3.05, 3.63) is 59.2 Å². The van der Waals surface area contributed by atoms with Gasteiger partial charge in [-0.1, -0.05) is 18.2 Å². The normalized spacial score (nSPS) is 15.6. The molecule has 122 valence electrons. The van der Waals surface area contributed by atoms with Gasteiger partial charge in [0, 0.05) is 35.2 Å². The Morgan fingerprint density at radius 1 is 1.00 bits per heavy atom. The van der Waals surface area contributed by atoms with Crippen molar-refractivity contribution in [2.45, 2.75) is 18.9 Å². The summed E-state index contributed by atoms with van der Waals surface area (Å²) < 4.78 is 1.04. The van der Waals surface area contributed by atoms with E-state index in [0.29, 0.717) is 6.04 Å². The van der Waals surface area contributed by atoms with Gasteiger partial charge in [-0.15, -0.1) is 0 Å². The molecule has 1 aliphatic rings. The number of rotatable bonds is 3. The van der Waals surface area contributed by atoms with E-state index in [-0.39, 0.29) is 0 Å². The molecule has 0 unspecified atom stereocenters. The standard InChI is InChI=1S/C19H19BrN4/c20-16-5-3-4-14-7-8-17(23-19(14)16)22-15-9-12-24(13-10-15)18-6-1-2-11-21-18/h1-8,11,15H,9-10,12-13H2,(H,22,23). The van der Waals surface area contributed by atoms with E-state index in [1.54, 1.807) is 0 Å². The summed E-state index contributed by atoms with van der Waals surface area (Å²) in [6.45, 7) is 2.04. The molecule has 1 saturated heterocycles. The van der Waals surface area contributed by atoms with E-state index in [2.05, 4.69) is 55.4 Å². The molecule has 0 amide bonds. The van der Waals surface area contributed by atoms with Crippen molar-refractivity contribution in [2.75, 3.05) is 23.3 Å². The van der Waals surface area contributed by atoms with E-state index in [0.717, 1.165) is 52.9 Å². The number of piperidine rings is 1. The van der Waals surface area contributed by atoms with Gasteiger partial charge in [-0.2, -0.15) is 0 Å². The van der Waals surface area contributed by atoms with Crippen LogP contribution in [0.15, 0.2) is 59.2 Å². The van der Waals surface area contributed by atoms with Crippen LogP contribution >= 0.6 is 15.9 Å². The van der Waals surface area contributed by atoms with Gasteiger partial charge in [0.15, 0.2) is 0 Å². The summed E-state index contributed by atoms with van der Waals surface area (Å²) in [4.78, 5) is 11.6. The lowest BCUT2D eigenvalue weighted by Gasteiger charge is -2.33. The molecule has 1 fully saturated rings. The molecule has 1 aromatic carbocycles. The number of para-hydroxylation sites is 1. The first-order valence-corrected chi connectivity index (χ1v) is 9.07. The average molecular weight is 383 g/mol. The fraction of sp³-hybridized carbons (Fsp3) is 0.263. The highest BCUT2D eigenvalue weighted by Crippen LogP contribution is 2.25. The van der Waals surface area contributed by atoms with Crippen molar-refractivity contribution in [1.29, 1.82) is 0 Å². The average Bonchev–Trinajstić information content (AvgIpc) is 2.64. The monoisotopic (exact) mass is 382 g/mol. The van der Waals surface area contributed by atoms with Gasteiger partial charge in [-0.25, -0.2) is 9.97 Å². The maximum atomic E-state index is 4.76. The maximum Gasteiger partial charge on any atom is 0.128 e. The van der Waals surface area contributed by atoms with Crippen LogP contribution in [-0.4, -0.2) is 29.1 Å². The van der Waals surface area contributed by atoms with Crippen molar-refractivity contribution in [3.8, 4) is 0 Å². The molecule has 2 aromatic heterocycles. The van der Waals surface area contributed by atoms with Gasteiger partial charge in [-0.3, -0.25) is 0 Å². The Morgan fingerprint density at radius 2 is 1.88 bits per heavy atom. The van der Waals surface area contributed by atoms with E-state index >= 15 is 0 Å². The number of benzene rings is 1. The lowest BCUT2D eigenvalue weighted by atomic mass is 10.0. The summed E-state index contributed by atoms with van der Waals surface area (Å²) in [5.41, 5.74) is 1.01. The highest BCUT2D eigenvalue weighted by Gasteiger charge is 2.20. The first-order chi connectivity index (χ1) is 11.8. The van der Waals surface area contributed by atoms with Gasteiger partial charge in [0.2, 0.25) is 0 Å². The van der Waals surface area contributed by atoms with Gasteiger partial charge in [0.1, 0.15) is 11.6 Å². The maximum absolute atomic E-state index is 4.76. The quantitative estimate of drug-likeness (QED) is 0.725. The first kappa shape index (κ1) is 15.4. The molecule has 1 N–H and O–H groups in total. The molecule has 4 rings (SSSR count). The molecule has 0 radical (unpaired) electrons. The Labute approximate surface area is 150 Å². The third kappa shape index (κ3) is 3.22. The van der Waals surface area contributed by atoms with Gasteiger partial charge in [0.05, 0.1) is 5.52 Å². The number of pyridine rings is 2. The van der Waals surface area contributed by atoms with Gasteiger partial charge in [0.25, 0.3) is 0 Å². The first-order valence-electron chi connectivity index (χ1n) is 8.27. The Morgan fingerprint density at radius 3 is 2.67 bits per heavy atom. The second kappa shape index (κ2) is 6.77. The van der Waals surface area contributed by atoms with Crippen molar-refractivity contribution >= 4 is 38.5 Å². The molecular formula is C19H19BrN4. The van der Waals surface area contributed by atoms with E-state index < -0.39 is 0 Å². The Kier molecular flexibility index (Phi) is 4.34. The van der Waals surface area contributed by atoms with Crippen LogP contribution in [-0.2, 0) is 0 Å². The highest BCUT2D eigenvalue weighted by atomic mass is 79.9. The third-order valence-corrected chi connectivity index (χ3v) is 5.13. The predicted molar refractivity (Wildman–Crippen MR) is 103 cm³/mol. The second-order valence-electron chi connectivity index (χ2n) is 6.10. The van der Waals surface area contributed by atoms with Gasteiger partial charge >= 0.3 is 0 Å². The van der Waals surface area contributed by atoms with Crippen molar-refractivity contribution in [1.82, 2.24) is 9.97 Å². The number of hydrogen-bond acceptors (Lipinski definition) is 4. The molecule has 5 heteroatoms. The topological polar surface area (TPSA) is 41.0 Å². The molecule has 3 heterocycles.